The normalized spacial score (nSPS) is 18.4. The minimum atomic E-state index is -0.483. The Labute approximate surface area is 163 Å². The fraction of sp³-hybridized carbons (Fsp3) is 0.579. The van der Waals surface area contributed by atoms with Crippen LogP contribution in [0, 0.1) is 0 Å². The van der Waals surface area contributed by atoms with Gasteiger partial charge in [0.1, 0.15) is 12.3 Å². The van der Waals surface area contributed by atoms with Crippen LogP contribution < -0.4 is 0 Å². The molecule has 0 unspecified atom stereocenters. The van der Waals surface area contributed by atoms with Crippen molar-refractivity contribution < 1.29 is 14.3 Å². The molecule has 0 atom stereocenters. The van der Waals surface area contributed by atoms with Crippen LogP contribution in [0.1, 0.15) is 41.6 Å². The highest BCUT2D eigenvalue weighted by Gasteiger charge is 2.49. The summed E-state index contributed by atoms with van der Waals surface area (Å²) in [6.45, 7) is 4.52. The molecular formula is C19H26N6O3. The molecule has 2 aliphatic rings. The number of ether oxygens (including phenoxy) is 1. The second kappa shape index (κ2) is 7.38. The number of hydrogen-bond donors (Lipinski definition) is 1. The fourth-order valence-corrected chi connectivity index (χ4v) is 4.44. The molecule has 0 saturated carbocycles. The van der Waals surface area contributed by atoms with E-state index in [-0.39, 0.29) is 18.4 Å². The number of nitrogens with zero attached hydrogens (tertiary/aromatic N) is 5. The van der Waals surface area contributed by atoms with E-state index < -0.39 is 5.54 Å². The summed E-state index contributed by atoms with van der Waals surface area (Å²) in [6.07, 6.45) is 5.58. The Kier molecular flexibility index (Phi) is 4.92. The second-order valence-corrected chi connectivity index (χ2v) is 7.34. The van der Waals surface area contributed by atoms with Gasteiger partial charge in [-0.3, -0.25) is 14.3 Å². The molecule has 0 aliphatic carbocycles. The Bertz CT molecular complexity index is 865. The van der Waals surface area contributed by atoms with Crippen molar-refractivity contribution in [3.8, 4) is 0 Å². The molecule has 2 aromatic rings. The maximum Gasteiger partial charge on any atom is 0.274 e. The Balaban J connectivity index is 1.56. The summed E-state index contributed by atoms with van der Waals surface area (Å²) in [4.78, 5) is 37.1. The number of nitrogens with one attached hydrogen (secondary N) is 1. The number of aromatic amines is 1. The van der Waals surface area contributed by atoms with Crippen molar-refractivity contribution in [1.29, 1.82) is 0 Å². The molecule has 4 heterocycles. The van der Waals surface area contributed by atoms with Crippen molar-refractivity contribution in [3.63, 3.8) is 0 Å². The third kappa shape index (κ3) is 2.99. The first kappa shape index (κ1) is 18.7. The number of piperidine rings is 1. The fourth-order valence-electron chi connectivity index (χ4n) is 4.44. The van der Waals surface area contributed by atoms with Crippen LogP contribution in [0.4, 0.5) is 0 Å². The molecule has 0 bridgehead atoms. The third-order valence-electron chi connectivity index (χ3n) is 5.89. The quantitative estimate of drug-likeness (QED) is 0.838. The molecule has 0 radical (unpaired) electrons. The molecule has 9 heteroatoms. The minimum Gasteiger partial charge on any atom is -0.375 e. The summed E-state index contributed by atoms with van der Waals surface area (Å²) in [5, 5.41) is 4.33. The number of fused-ring (bicyclic) bond motifs is 2. The van der Waals surface area contributed by atoms with Crippen LogP contribution in [-0.4, -0.2) is 74.7 Å². The van der Waals surface area contributed by atoms with Gasteiger partial charge in [-0.15, -0.1) is 0 Å². The smallest absolute Gasteiger partial charge is 0.274 e. The van der Waals surface area contributed by atoms with Crippen LogP contribution in [-0.2, 0) is 28.0 Å². The number of H-pyrrole nitrogens is 1. The molecule has 2 aromatic heterocycles. The van der Waals surface area contributed by atoms with Gasteiger partial charge in [-0.05, 0) is 25.8 Å². The number of rotatable bonds is 4. The minimum absolute atomic E-state index is 0.0300. The first-order valence-corrected chi connectivity index (χ1v) is 9.74. The highest BCUT2D eigenvalue weighted by molar-refractivity contribution is 5.92. The van der Waals surface area contributed by atoms with Gasteiger partial charge in [0, 0.05) is 51.6 Å². The average molecular weight is 386 g/mol. The van der Waals surface area contributed by atoms with E-state index in [0.717, 1.165) is 24.4 Å². The number of aryl methyl sites for hydroxylation is 1. The lowest BCUT2D eigenvalue weighted by molar-refractivity contribution is -0.145. The van der Waals surface area contributed by atoms with Gasteiger partial charge in [0.15, 0.2) is 0 Å². The maximum absolute atomic E-state index is 12.8. The van der Waals surface area contributed by atoms with Gasteiger partial charge in [0.2, 0.25) is 5.91 Å². The lowest BCUT2D eigenvalue weighted by Crippen LogP contribution is -2.59. The van der Waals surface area contributed by atoms with Crippen LogP contribution >= 0.6 is 0 Å². The number of carbonyl (C=O) groups excluding carboxylic acids is 2. The Morgan fingerprint density at radius 2 is 2.07 bits per heavy atom. The molecule has 1 N–H and O–H groups in total. The zero-order valence-electron chi connectivity index (χ0n) is 16.3. The first-order chi connectivity index (χ1) is 13.6. The summed E-state index contributed by atoms with van der Waals surface area (Å²) in [6, 6.07) is 1.76. The molecule has 2 amide bonds. The molecule has 1 spiro atoms. The molecule has 28 heavy (non-hydrogen) atoms. The SMILES string of the molecule is CCn1ccc(C(=O)N2CCC3(CC2)c2nc[nH]c2CCN3C(=O)COC)n1. The average Bonchev–Trinajstić information content (AvgIpc) is 3.38. The maximum atomic E-state index is 12.8. The summed E-state index contributed by atoms with van der Waals surface area (Å²) in [7, 11) is 1.53. The highest BCUT2D eigenvalue weighted by Crippen LogP contribution is 2.42. The highest BCUT2D eigenvalue weighted by atomic mass is 16.5. The molecule has 150 valence electrons. The van der Waals surface area contributed by atoms with E-state index in [9.17, 15) is 9.59 Å². The van der Waals surface area contributed by atoms with Crippen molar-refractivity contribution in [1.82, 2.24) is 29.5 Å². The lowest BCUT2D eigenvalue weighted by Gasteiger charge is -2.50. The van der Waals surface area contributed by atoms with Crippen molar-refractivity contribution in [2.45, 2.75) is 38.3 Å². The molecule has 2 aliphatic heterocycles. The topological polar surface area (TPSA) is 96.4 Å². The predicted molar refractivity (Wildman–Crippen MR) is 101 cm³/mol. The largest absolute Gasteiger partial charge is 0.375 e. The van der Waals surface area contributed by atoms with Crippen molar-refractivity contribution >= 4 is 11.8 Å². The molecule has 0 aromatic carbocycles. The van der Waals surface area contributed by atoms with Gasteiger partial charge in [-0.2, -0.15) is 5.10 Å². The van der Waals surface area contributed by atoms with Gasteiger partial charge in [-0.25, -0.2) is 4.98 Å². The summed E-state index contributed by atoms with van der Waals surface area (Å²) >= 11 is 0. The van der Waals surface area contributed by atoms with Gasteiger partial charge in [0.05, 0.1) is 17.6 Å². The molecular weight excluding hydrogens is 360 g/mol. The predicted octanol–water partition coefficient (Wildman–Crippen LogP) is 0.789. The van der Waals surface area contributed by atoms with Gasteiger partial charge in [0.25, 0.3) is 5.91 Å². The Morgan fingerprint density at radius 1 is 1.29 bits per heavy atom. The zero-order valence-corrected chi connectivity index (χ0v) is 16.3. The number of likely N-dealkylation sites (tertiary alicyclic amines) is 1. The first-order valence-electron chi connectivity index (χ1n) is 9.74. The van der Waals surface area contributed by atoms with Gasteiger partial charge in [-0.1, -0.05) is 0 Å². The van der Waals surface area contributed by atoms with E-state index in [1.165, 1.54) is 7.11 Å². The molecule has 1 fully saturated rings. The number of carbonyl (C=O) groups is 2. The summed E-state index contributed by atoms with van der Waals surface area (Å²) in [5.74, 6) is -0.0903. The summed E-state index contributed by atoms with van der Waals surface area (Å²) < 4.78 is 6.85. The standard InChI is InChI=1S/C19H26N6O3/c1-3-24-8-4-15(22-24)18(27)23-10-6-19(7-11-23)17-14(20-13-21-17)5-9-25(19)16(26)12-28-2/h4,8,13H,3,5-7,9-12H2,1-2H3,(H,20,21). The van der Waals surface area contributed by atoms with E-state index in [0.29, 0.717) is 38.2 Å². The van der Waals surface area contributed by atoms with Gasteiger partial charge >= 0.3 is 0 Å². The van der Waals surface area contributed by atoms with E-state index >= 15 is 0 Å². The Hall–Kier alpha value is -2.68. The number of methoxy groups -OCH3 is 1. The van der Waals surface area contributed by atoms with E-state index in [1.807, 2.05) is 22.9 Å². The van der Waals surface area contributed by atoms with E-state index in [4.69, 9.17) is 4.74 Å². The molecule has 9 nitrogen and oxygen atoms in total. The van der Waals surface area contributed by atoms with Crippen molar-refractivity contribution in [3.05, 3.63) is 35.7 Å². The number of amides is 2. The number of hydrogen-bond acceptors (Lipinski definition) is 5. The van der Waals surface area contributed by atoms with Crippen LogP contribution in [0.25, 0.3) is 0 Å². The van der Waals surface area contributed by atoms with Crippen molar-refractivity contribution in [2.24, 2.45) is 0 Å². The van der Waals surface area contributed by atoms with Crippen LogP contribution in [0.3, 0.4) is 0 Å². The zero-order chi connectivity index (χ0) is 19.7. The third-order valence-corrected chi connectivity index (χ3v) is 5.89. The Morgan fingerprint density at radius 3 is 2.75 bits per heavy atom. The molecule has 4 rings (SSSR count). The number of imidazole rings is 1. The van der Waals surface area contributed by atoms with Gasteiger partial charge < -0.3 is 19.5 Å². The van der Waals surface area contributed by atoms with E-state index in [1.54, 1.807) is 17.1 Å². The van der Waals surface area contributed by atoms with Crippen LogP contribution in [0.15, 0.2) is 18.6 Å². The monoisotopic (exact) mass is 386 g/mol. The van der Waals surface area contributed by atoms with Crippen LogP contribution in [0.2, 0.25) is 0 Å². The molecule has 1 saturated heterocycles. The second-order valence-electron chi connectivity index (χ2n) is 7.34. The van der Waals surface area contributed by atoms with Crippen molar-refractivity contribution in [2.75, 3.05) is 33.4 Å². The number of aromatic nitrogens is 4. The summed E-state index contributed by atoms with van der Waals surface area (Å²) in [5.41, 5.74) is 2.01. The lowest BCUT2D eigenvalue weighted by atomic mass is 9.78. The van der Waals surface area contributed by atoms with E-state index in [2.05, 4.69) is 15.1 Å². The van der Waals surface area contributed by atoms with Crippen LogP contribution in [0.5, 0.6) is 0 Å².